The first-order valence-corrected chi connectivity index (χ1v) is 27.4. The van der Waals surface area contributed by atoms with Crippen molar-refractivity contribution in [3.8, 4) is 22.6 Å². The number of aromatic amines is 1. The zero-order valence-electron chi connectivity index (χ0n) is 42.3. The van der Waals surface area contributed by atoms with Gasteiger partial charge in [-0.25, -0.2) is 26.9 Å². The zero-order chi connectivity index (χ0) is 52.7. The van der Waals surface area contributed by atoms with Crippen molar-refractivity contribution in [1.82, 2.24) is 19.6 Å². The second-order valence-corrected chi connectivity index (χ2v) is 24.4. The maximum absolute atomic E-state index is 15.6. The molecule has 3 aliphatic rings. The number of fused-ring (bicyclic) bond motifs is 1. The third kappa shape index (κ3) is 11.7. The number of aromatic nitrogens is 2. The lowest BCUT2D eigenvalue weighted by Crippen LogP contribution is -2.47. The van der Waals surface area contributed by atoms with Gasteiger partial charge < -0.3 is 30.2 Å². The Morgan fingerprint density at radius 1 is 1.00 bits per heavy atom. The molecule has 3 aromatic heterocycles. The molecule has 392 valence electrons. The fourth-order valence-corrected chi connectivity index (χ4v) is 12.2. The number of nitro groups is 1. The van der Waals surface area contributed by atoms with Gasteiger partial charge in [-0.05, 0) is 140 Å². The number of carbonyl (C=O) groups excluding carboxylic acids is 1. The summed E-state index contributed by atoms with van der Waals surface area (Å²) in [5, 5.41) is 38.0. The third-order valence-corrected chi connectivity index (χ3v) is 17.3. The van der Waals surface area contributed by atoms with Gasteiger partial charge >= 0.3 is 0 Å². The van der Waals surface area contributed by atoms with Crippen molar-refractivity contribution in [2.24, 2.45) is 11.3 Å². The molecule has 0 atom stereocenters. The van der Waals surface area contributed by atoms with Crippen LogP contribution in [0.4, 0.5) is 25.8 Å². The Balaban J connectivity index is 0.917. The molecule has 0 unspecified atom stereocenters. The van der Waals surface area contributed by atoms with Crippen molar-refractivity contribution >= 4 is 60.9 Å². The number of piperazine rings is 1. The number of nitrogens with zero attached hydrogens (tertiary/aromatic N) is 4. The predicted molar refractivity (Wildman–Crippen MR) is 284 cm³/mol. The third-order valence-electron chi connectivity index (χ3n) is 15.0. The number of allylic oxidation sites excluding steroid dienone is 1. The van der Waals surface area contributed by atoms with Crippen LogP contribution in [-0.4, -0.2) is 95.8 Å². The minimum atomic E-state index is -4.63. The van der Waals surface area contributed by atoms with E-state index in [0.717, 1.165) is 60.7 Å². The maximum atomic E-state index is 15.6. The van der Waals surface area contributed by atoms with E-state index in [0.29, 0.717) is 68.1 Å². The van der Waals surface area contributed by atoms with Crippen LogP contribution >= 0.6 is 11.3 Å². The molecule has 4 heterocycles. The van der Waals surface area contributed by atoms with Crippen molar-refractivity contribution in [2.75, 3.05) is 56.1 Å². The summed E-state index contributed by atoms with van der Waals surface area (Å²) in [7, 11) is -4.63. The van der Waals surface area contributed by atoms with E-state index >= 15 is 8.78 Å². The second kappa shape index (κ2) is 20.8. The largest absolute Gasteiger partial charge is 0.455 e. The molecule has 2 fully saturated rings. The fraction of sp³-hybridized carbons (Fsp3) is 0.418. The number of nitro benzene ring substituents is 1. The smallest absolute Gasteiger partial charge is 0.293 e. The number of halogens is 2. The van der Waals surface area contributed by atoms with E-state index < -0.39 is 54.1 Å². The van der Waals surface area contributed by atoms with Gasteiger partial charge in [-0.2, -0.15) is 0 Å². The van der Waals surface area contributed by atoms with Crippen molar-refractivity contribution in [2.45, 2.75) is 95.5 Å². The van der Waals surface area contributed by atoms with Crippen LogP contribution in [0.15, 0.2) is 95.0 Å². The minimum Gasteiger partial charge on any atom is -0.455 e. The Morgan fingerprint density at radius 2 is 1.73 bits per heavy atom. The van der Waals surface area contributed by atoms with Gasteiger partial charge in [0.05, 0.1) is 39.4 Å². The number of hydrogen-bond acceptors (Lipinski definition) is 13. The molecule has 0 spiro atoms. The molecule has 6 aromatic rings. The lowest BCUT2D eigenvalue weighted by atomic mass is 9.73. The molecule has 3 aromatic carbocycles. The number of aliphatic hydroxyl groups is 2. The number of carbonyl (C=O) groups is 1. The fourth-order valence-electron chi connectivity index (χ4n) is 10.2. The average molecular weight is 1050 g/mol. The highest BCUT2D eigenvalue weighted by Crippen LogP contribution is 2.46. The van der Waals surface area contributed by atoms with Gasteiger partial charge in [-0.3, -0.25) is 19.8 Å². The summed E-state index contributed by atoms with van der Waals surface area (Å²) in [4.78, 5) is 38.1. The second-order valence-electron chi connectivity index (χ2n) is 21.8. The number of thiophene rings is 1. The van der Waals surface area contributed by atoms with E-state index in [4.69, 9.17) is 4.74 Å². The number of anilines is 2. The first-order chi connectivity index (χ1) is 35.1. The summed E-state index contributed by atoms with van der Waals surface area (Å²) in [6.45, 7) is 13.3. The molecule has 1 saturated heterocycles. The normalized spacial score (nSPS) is 19.7. The zero-order valence-corrected chi connectivity index (χ0v) is 43.9. The van der Waals surface area contributed by atoms with Gasteiger partial charge in [0.25, 0.3) is 21.6 Å². The van der Waals surface area contributed by atoms with E-state index in [2.05, 4.69) is 43.7 Å². The molecule has 19 heteroatoms. The molecule has 15 nitrogen and oxygen atoms in total. The van der Waals surface area contributed by atoms with Crippen molar-refractivity contribution in [1.29, 1.82) is 0 Å². The topological polar surface area (TPSA) is 203 Å². The van der Waals surface area contributed by atoms with E-state index in [9.17, 15) is 33.5 Å². The van der Waals surface area contributed by atoms with Crippen LogP contribution < -0.4 is 19.7 Å². The van der Waals surface area contributed by atoms with Crippen LogP contribution in [0.2, 0.25) is 0 Å². The van der Waals surface area contributed by atoms with Gasteiger partial charge in [0.15, 0.2) is 0 Å². The summed E-state index contributed by atoms with van der Waals surface area (Å²) in [5.74, 6) is -1.77. The van der Waals surface area contributed by atoms with Gasteiger partial charge in [0, 0.05) is 79.0 Å². The molecule has 2 aliphatic carbocycles. The number of hydrogen-bond donors (Lipinski definition) is 5. The molecule has 1 amide bonds. The van der Waals surface area contributed by atoms with E-state index in [1.165, 1.54) is 59.0 Å². The highest BCUT2D eigenvalue weighted by Gasteiger charge is 2.33. The first kappa shape index (κ1) is 52.6. The Hall–Kier alpha value is -6.25. The number of sulfonamides is 1. The number of amides is 1. The summed E-state index contributed by atoms with van der Waals surface area (Å²) in [5.41, 5.74) is 2.79. The Morgan fingerprint density at radius 3 is 2.43 bits per heavy atom. The van der Waals surface area contributed by atoms with E-state index in [1.54, 1.807) is 45.2 Å². The molecule has 0 radical (unpaired) electrons. The van der Waals surface area contributed by atoms with E-state index in [-0.39, 0.29) is 40.5 Å². The first-order valence-electron chi connectivity index (χ1n) is 25.0. The molecule has 1 saturated carbocycles. The van der Waals surface area contributed by atoms with Crippen LogP contribution in [-0.2, 0) is 15.4 Å². The van der Waals surface area contributed by atoms with Crippen LogP contribution in [0.1, 0.15) is 100 Å². The summed E-state index contributed by atoms with van der Waals surface area (Å²) < 4.78 is 67.3. The van der Waals surface area contributed by atoms with Crippen molar-refractivity contribution < 1.29 is 41.9 Å². The Kier molecular flexibility index (Phi) is 14.8. The predicted octanol–water partition coefficient (Wildman–Crippen LogP) is 10.8. The number of rotatable bonds is 16. The number of pyridine rings is 1. The SMILES string of the molecule is CC1(C)CCC(CN2CCN(c3ccc(C(=O)NS(=O)(=O)c4ccc(NCC5CCC(C)(O)CC5)c([N+](=O)[O-])c4)c(Oc4cnc5[nH]ccc5c4)c3)CC2)=C(c2cc(-c3c(F)cc(C(C)(C)CO)cc3F)cs2)C1. The van der Waals surface area contributed by atoms with Crippen LogP contribution in [0.3, 0.4) is 0 Å². The molecule has 1 aliphatic heterocycles. The van der Waals surface area contributed by atoms with Crippen molar-refractivity contribution in [3.63, 3.8) is 0 Å². The highest BCUT2D eigenvalue weighted by atomic mass is 32.2. The van der Waals surface area contributed by atoms with Gasteiger partial charge in [0.1, 0.15) is 34.5 Å². The molecular formula is C55H63F2N7O8S2. The Bertz CT molecular complexity index is 3220. The number of ether oxygens (including phenoxy) is 1. The van der Waals surface area contributed by atoms with Crippen LogP contribution in [0.5, 0.6) is 11.5 Å². The number of aliphatic hydroxyl groups excluding tert-OH is 1. The molecule has 9 rings (SSSR count). The number of benzene rings is 3. The molecular weight excluding hydrogens is 989 g/mol. The van der Waals surface area contributed by atoms with Gasteiger partial charge in [-0.1, -0.05) is 33.3 Å². The van der Waals surface area contributed by atoms with Gasteiger partial charge in [-0.15, -0.1) is 11.3 Å². The summed E-state index contributed by atoms with van der Waals surface area (Å²) in [6, 6.07) is 16.5. The highest BCUT2D eigenvalue weighted by molar-refractivity contribution is 7.90. The summed E-state index contributed by atoms with van der Waals surface area (Å²) in [6.07, 6.45) is 8.66. The quantitative estimate of drug-likeness (QED) is 0.0454. The summed E-state index contributed by atoms with van der Waals surface area (Å²) >= 11 is 1.49. The average Bonchev–Trinajstić information content (AvgIpc) is 4.04. The Labute approximate surface area is 433 Å². The molecule has 74 heavy (non-hydrogen) atoms. The molecule has 5 N–H and O–H groups in total. The maximum Gasteiger partial charge on any atom is 0.293 e. The minimum absolute atomic E-state index is 0.0382. The lowest BCUT2D eigenvalue weighted by molar-refractivity contribution is -0.384. The van der Waals surface area contributed by atoms with Crippen LogP contribution in [0.25, 0.3) is 27.7 Å². The van der Waals surface area contributed by atoms with Gasteiger partial charge in [0.2, 0.25) is 0 Å². The van der Waals surface area contributed by atoms with E-state index in [1.807, 2.05) is 17.5 Å². The van der Waals surface area contributed by atoms with Crippen LogP contribution in [0, 0.1) is 33.1 Å². The number of H-pyrrole nitrogens is 1. The van der Waals surface area contributed by atoms with Crippen molar-refractivity contribution in [3.05, 3.63) is 128 Å². The standard InChI is InChI=1S/C55H63F2N7O8S2/c1-53(2)14-12-36(43(28-53)49-23-37(32-73-49)50-44(56)24-38(25-45(50)57)54(3,4)33-65)31-62-18-20-63(21-19-62)39-6-8-42(48(26-39)72-40-22-35-13-17-58-51(35)60-30-40)52(66)61-74(70,71)41-7-9-46(47(27-41)64(68)69)59-29-34-10-15-55(5,67)16-11-34/h6-9,13,17,22-27,30,32,34,59,65,67H,10-12,14-16,18-21,28-29,31,33H2,1-5H3,(H,58,60)(H,61,66). The number of nitrogens with one attached hydrogen (secondary N) is 3. The lowest BCUT2D eigenvalue weighted by Gasteiger charge is -2.39. The molecule has 0 bridgehead atoms. The monoisotopic (exact) mass is 1050 g/mol.